The average Bonchev–Trinajstić information content (AvgIpc) is 2.70. The fraction of sp³-hybridized carbons (Fsp3) is 0.474. The van der Waals surface area contributed by atoms with Crippen LogP contribution in [-0.4, -0.2) is 62.5 Å². The van der Waals surface area contributed by atoms with Crippen LogP contribution in [0.2, 0.25) is 0 Å². The lowest BCUT2D eigenvalue weighted by atomic mass is 10.0. The Morgan fingerprint density at radius 2 is 1.65 bits per heavy atom. The van der Waals surface area contributed by atoms with Crippen LogP contribution in [0.1, 0.15) is 5.56 Å². The molecular weight excluding hydrogens is 328 g/mol. The molecule has 2 aliphatic heterocycles. The van der Waals surface area contributed by atoms with E-state index in [4.69, 9.17) is 15.5 Å². The molecule has 7 nitrogen and oxygen atoms in total. The van der Waals surface area contributed by atoms with Crippen LogP contribution in [-0.2, 0) is 4.74 Å². The summed E-state index contributed by atoms with van der Waals surface area (Å²) in [5.41, 5.74) is 9.65. The van der Waals surface area contributed by atoms with Gasteiger partial charge in [0.05, 0.1) is 18.8 Å². The zero-order chi connectivity index (χ0) is 17.9. The minimum atomic E-state index is 0.541. The highest BCUT2D eigenvalue weighted by Crippen LogP contribution is 2.35. The number of aromatic nitrogens is 2. The van der Waals surface area contributed by atoms with Crippen LogP contribution in [0.15, 0.2) is 24.3 Å². The minimum Gasteiger partial charge on any atom is -0.383 e. The van der Waals surface area contributed by atoms with E-state index in [2.05, 4.69) is 51.3 Å². The summed E-state index contributed by atoms with van der Waals surface area (Å²) in [7, 11) is 0. The lowest BCUT2D eigenvalue weighted by molar-refractivity contribution is 0.122. The molecule has 7 heteroatoms. The van der Waals surface area contributed by atoms with Gasteiger partial charge in [0, 0.05) is 39.3 Å². The van der Waals surface area contributed by atoms with E-state index in [0.717, 1.165) is 62.2 Å². The molecule has 138 valence electrons. The van der Waals surface area contributed by atoms with E-state index in [0.29, 0.717) is 19.0 Å². The van der Waals surface area contributed by atoms with Crippen LogP contribution < -0.4 is 20.9 Å². The molecular formula is C19H26N6O. The van der Waals surface area contributed by atoms with Crippen molar-refractivity contribution >= 4 is 17.6 Å². The van der Waals surface area contributed by atoms with Gasteiger partial charge in [-0.3, -0.25) is 0 Å². The maximum Gasteiger partial charge on any atom is 0.229 e. The number of benzene rings is 1. The molecule has 2 aliphatic rings. The summed E-state index contributed by atoms with van der Waals surface area (Å²) >= 11 is 0. The van der Waals surface area contributed by atoms with E-state index < -0.39 is 0 Å². The average molecular weight is 354 g/mol. The number of nitrogens with one attached hydrogen (secondary N) is 1. The summed E-state index contributed by atoms with van der Waals surface area (Å²) in [6.45, 7) is 8.80. The van der Waals surface area contributed by atoms with Gasteiger partial charge in [0.15, 0.2) is 0 Å². The molecule has 0 bridgehead atoms. The van der Waals surface area contributed by atoms with Gasteiger partial charge in [0.2, 0.25) is 5.95 Å². The number of morpholine rings is 1. The first kappa shape index (κ1) is 17.1. The SMILES string of the molecule is Cc1ccc(-c2c(N)nc(N3CCNCC3)nc2N2CCOCC2)cc1. The second-order valence-electron chi connectivity index (χ2n) is 6.81. The van der Waals surface area contributed by atoms with E-state index >= 15 is 0 Å². The van der Waals surface area contributed by atoms with E-state index in [1.807, 2.05) is 0 Å². The Kier molecular flexibility index (Phi) is 4.90. The predicted octanol–water partition coefficient (Wildman–Crippen LogP) is 1.28. The van der Waals surface area contributed by atoms with Crippen molar-refractivity contribution in [2.75, 3.05) is 68.0 Å². The topological polar surface area (TPSA) is 79.5 Å². The minimum absolute atomic E-state index is 0.541. The van der Waals surface area contributed by atoms with Crippen molar-refractivity contribution < 1.29 is 4.74 Å². The molecule has 0 unspecified atom stereocenters. The van der Waals surface area contributed by atoms with Crippen LogP contribution >= 0.6 is 0 Å². The molecule has 3 N–H and O–H groups in total. The molecule has 0 aliphatic carbocycles. The number of aryl methyl sites for hydroxylation is 1. The van der Waals surface area contributed by atoms with Gasteiger partial charge in [-0.2, -0.15) is 9.97 Å². The molecule has 0 amide bonds. The van der Waals surface area contributed by atoms with Gasteiger partial charge < -0.3 is 25.6 Å². The van der Waals surface area contributed by atoms with Crippen molar-refractivity contribution in [1.29, 1.82) is 0 Å². The lowest BCUT2D eigenvalue weighted by Gasteiger charge is -2.32. The molecule has 2 saturated heterocycles. The van der Waals surface area contributed by atoms with Crippen LogP contribution in [0.25, 0.3) is 11.1 Å². The van der Waals surface area contributed by atoms with Gasteiger partial charge in [-0.1, -0.05) is 29.8 Å². The Bertz CT molecular complexity index is 751. The van der Waals surface area contributed by atoms with Crippen LogP contribution in [0.5, 0.6) is 0 Å². The third-order valence-electron chi connectivity index (χ3n) is 4.96. The molecule has 26 heavy (non-hydrogen) atoms. The van der Waals surface area contributed by atoms with Crippen molar-refractivity contribution in [2.45, 2.75) is 6.92 Å². The highest BCUT2D eigenvalue weighted by molar-refractivity contribution is 5.85. The highest BCUT2D eigenvalue weighted by Gasteiger charge is 2.24. The van der Waals surface area contributed by atoms with Gasteiger partial charge in [0.25, 0.3) is 0 Å². The molecule has 1 aromatic heterocycles. The first-order valence-electron chi connectivity index (χ1n) is 9.25. The summed E-state index contributed by atoms with van der Waals surface area (Å²) in [6, 6.07) is 8.39. The fourth-order valence-electron chi connectivity index (χ4n) is 3.46. The normalized spacial score (nSPS) is 18.2. The fourth-order valence-corrected chi connectivity index (χ4v) is 3.46. The first-order valence-corrected chi connectivity index (χ1v) is 9.25. The molecule has 2 fully saturated rings. The zero-order valence-electron chi connectivity index (χ0n) is 15.2. The number of ether oxygens (including phenoxy) is 1. The Morgan fingerprint density at radius 1 is 0.962 bits per heavy atom. The molecule has 0 radical (unpaired) electrons. The highest BCUT2D eigenvalue weighted by atomic mass is 16.5. The van der Waals surface area contributed by atoms with Gasteiger partial charge in [-0.25, -0.2) is 0 Å². The quantitative estimate of drug-likeness (QED) is 0.859. The van der Waals surface area contributed by atoms with Crippen molar-refractivity contribution in [3.8, 4) is 11.1 Å². The third-order valence-corrected chi connectivity index (χ3v) is 4.96. The van der Waals surface area contributed by atoms with Crippen LogP contribution in [0.4, 0.5) is 17.6 Å². The maximum absolute atomic E-state index is 6.45. The van der Waals surface area contributed by atoms with Crippen LogP contribution in [0, 0.1) is 6.92 Å². The Balaban J connectivity index is 1.79. The van der Waals surface area contributed by atoms with Crippen molar-refractivity contribution in [3.05, 3.63) is 29.8 Å². The van der Waals surface area contributed by atoms with Gasteiger partial charge in [-0.05, 0) is 12.5 Å². The Labute approximate surface area is 154 Å². The second kappa shape index (κ2) is 7.47. The van der Waals surface area contributed by atoms with Gasteiger partial charge in [0.1, 0.15) is 11.6 Å². The number of piperazine rings is 1. The molecule has 0 saturated carbocycles. The number of anilines is 3. The molecule has 0 atom stereocenters. The van der Waals surface area contributed by atoms with Crippen LogP contribution in [0.3, 0.4) is 0 Å². The summed E-state index contributed by atoms with van der Waals surface area (Å²) < 4.78 is 5.52. The molecule has 2 aromatic rings. The monoisotopic (exact) mass is 354 g/mol. The number of nitrogen functional groups attached to an aromatic ring is 1. The summed E-state index contributed by atoms with van der Waals surface area (Å²) in [6.07, 6.45) is 0. The molecule has 3 heterocycles. The predicted molar refractivity (Wildman–Crippen MR) is 105 cm³/mol. The van der Waals surface area contributed by atoms with Crippen molar-refractivity contribution in [1.82, 2.24) is 15.3 Å². The van der Waals surface area contributed by atoms with Crippen molar-refractivity contribution in [3.63, 3.8) is 0 Å². The number of nitrogens with two attached hydrogens (primary N) is 1. The van der Waals surface area contributed by atoms with E-state index in [-0.39, 0.29) is 0 Å². The zero-order valence-corrected chi connectivity index (χ0v) is 15.2. The van der Waals surface area contributed by atoms with E-state index in [1.54, 1.807) is 0 Å². The van der Waals surface area contributed by atoms with Gasteiger partial charge in [-0.15, -0.1) is 0 Å². The van der Waals surface area contributed by atoms with E-state index in [9.17, 15) is 0 Å². The largest absolute Gasteiger partial charge is 0.383 e. The number of rotatable bonds is 3. The first-order chi connectivity index (χ1) is 12.7. The summed E-state index contributed by atoms with van der Waals surface area (Å²) in [5, 5.41) is 3.36. The van der Waals surface area contributed by atoms with E-state index in [1.165, 1.54) is 5.56 Å². The number of nitrogens with zero attached hydrogens (tertiary/aromatic N) is 4. The second-order valence-corrected chi connectivity index (χ2v) is 6.81. The smallest absolute Gasteiger partial charge is 0.229 e. The standard InChI is InChI=1S/C19H26N6O/c1-14-2-4-15(5-3-14)16-17(20)22-19(25-8-6-21-7-9-25)23-18(16)24-10-12-26-13-11-24/h2-5,21H,6-13H2,1H3,(H2,20,22,23). The van der Waals surface area contributed by atoms with Crippen molar-refractivity contribution in [2.24, 2.45) is 0 Å². The Hall–Kier alpha value is -2.38. The number of hydrogen-bond donors (Lipinski definition) is 2. The maximum atomic E-state index is 6.45. The molecule has 1 aromatic carbocycles. The lowest BCUT2D eigenvalue weighted by Crippen LogP contribution is -2.44. The Morgan fingerprint density at radius 3 is 2.35 bits per heavy atom. The summed E-state index contributed by atoms with van der Waals surface area (Å²) in [4.78, 5) is 14.1. The molecule has 0 spiro atoms. The third kappa shape index (κ3) is 3.45. The van der Waals surface area contributed by atoms with Gasteiger partial charge >= 0.3 is 0 Å². The summed E-state index contributed by atoms with van der Waals surface area (Å²) in [5.74, 6) is 2.18. The number of hydrogen-bond acceptors (Lipinski definition) is 7. The molecule has 4 rings (SSSR count).